The summed E-state index contributed by atoms with van der Waals surface area (Å²) in [5.41, 5.74) is 1.46. The third-order valence-corrected chi connectivity index (χ3v) is 2.75. The molecule has 0 saturated heterocycles. The van der Waals surface area contributed by atoms with E-state index in [1.54, 1.807) is 18.5 Å². The number of benzene rings is 1. The van der Waals surface area contributed by atoms with E-state index in [1.165, 1.54) is 0 Å². The largest absolute Gasteiger partial charge is 0.314 e. The van der Waals surface area contributed by atoms with Gasteiger partial charge in [0.1, 0.15) is 0 Å². The lowest BCUT2D eigenvalue weighted by Gasteiger charge is -2.01. The van der Waals surface area contributed by atoms with Crippen molar-refractivity contribution in [2.24, 2.45) is 0 Å². The highest BCUT2D eigenvalue weighted by Crippen LogP contribution is 2.19. The predicted molar refractivity (Wildman–Crippen MR) is 73.9 cm³/mol. The fourth-order valence-electron chi connectivity index (χ4n) is 1.28. The molecular formula is C14H9BrN2O. The second kappa shape index (κ2) is 5.99. The van der Waals surface area contributed by atoms with Gasteiger partial charge in [-0.15, -0.1) is 0 Å². The summed E-state index contributed by atoms with van der Waals surface area (Å²) in [4.78, 5) is 15.5. The number of halogens is 1. The Hall–Kier alpha value is -2.12. The molecule has 4 heteroatoms. The lowest BCUT2D eigenvalue weighted by atomic mass is 10.2. The summed E-state index contributed by atoms with van der Waals surface area (Å²) in [6.07, 6.45) is 3.21. The van der Waals surface area contributed by atoms with Crippen LogP contribution in [-0.4, -0.2) is 10.9 Å². The zero-order chi connectivity index (χ0) is 12.8. The van der Waals surface area contributed by atoms with E-state index < -0.39 is 0 Å². The molecule has 18 heavy (non-hydrogen) atoms. The number of hydrogen-bond donors (Lipinski definition) is 1. The molecule has 2 rings (SSSR count). The minimum atomic E-state index is -0.356. The van der Waals surface area contributed by atoms with Crippen LogP contribution in [0.1, 0.15) is 5.56 Å². The maximum atomic E-state index is 11.6. The number of carbonyl (C=O) groups is 1. The third-order valence-electron chi connectivity index (χ3n) is 2.11. The highest BCUT2D eigenvalue weighted by atomic mass is 79.9. The van der Waals surface area contributed by atoms with Gasteiger partial charge in [-0.05, 0) is 34.1 Å². The molecule has 1 heterocycles. The molecule has 0 radical (unpaired) electrons. The van der Waals surface area contributed by atoms with Crippen molar-refractivity contribution in [2.45, 2.75) is 0 Å². The van der Waals surface area contributed by atoms with Crippen molar-refractivity contribution >= 4 is 27.5 Å². The molecule has 1 aromatic heterocycles. The van der Waals surface area contributed by atoms with Crippen LogP contribution in [0.2, 0.25) is 0 Å². The Morgan fingerprint density at radius 3 is 2.72 bits per heavy atom. The van der Waals surface area contributed by atoms with E-state index in [1.807, 2.05) is 30.3 Å². The first kappa shape index (κ1) is 12.3. The lowest BCUT2D eigenvalue weighted by molar-refractivity contribution is -0.111. The number of amides is 1. The first-order chi connectivity index (χ1) is 8.75. The first-order valence-electron chi connectivity index (χ1n) is 5.23. The van der Waals surface area contributed by atoms with E-state index in [0.29, 0.717) is 5.69 Å². The summed E-state index contributed by atoms with van der Waals surface area (Å²) < 4.78 is 0.722. The van der Waals surface area contributed by atoms with E-state index >= 15 is 0 Å². The molecule has 88 valence electrons. The smallest absolute Gasteiger partial charge is 0.300 e. The minimum Gasteiger partial charge on any atom is -0.314 e. The lowest BCUT2D eigenvalue weighted by Crippen LogP contribution is -2.09. The van der Waals surface area contributed by atoms with Crippen LogP contribution in [0.3, 0.4) is 0 Å². The van der Waals surface area contributed by atoms with Crippen LogP contribution < -0.4 is 5.32 Å². The Labute approximate surface area is 113 Å². The number of nitrogens with zero attached hydrogens (tertiary/aromatic N) is 1. The fraction of sp³-hybridized carbons (Fsp3) is 0. The number of rotatable bonds is 1. The first-order valence-corrected chi connectivity index (χ1v) is 6.02. The summed E-state index contributed by atoms with van der Waals surface area (Å²) in [6.45, 7) is 0. The number of hydrogen-bond acceptors (Lipinski definition) is 2. The van der Waals surface area contributed by atoms with Gasteiger partial charge in [0.05, 0.1) is 10.2 Å². The molecule has 0 saturated carbocycles. The average molecular weight is 301 g/mol. The highest BCUT2D eigenvalue weighted by molar-refractivity contribution is 9.10. The molecule has 0 aliphatic heterocycles. The van der Waals surface area contributed by atoms with Gasteiger partial charge in [0.15, 0.2) is 0 Å². The molecule has 0 fully saturated rings. The van der Waals surface area contributed by atoms with Crippen LogP contribution in [0.25, 0.3) is 0 Å². The van der Waals surface area contributed by atoms with Crippen LogP contribution in [0.4, 0.5) is 5.69 Å². The second-order valence-electron chi connectivity index (χ2n) is 3.43. The molecule has 1 aromatic carbocycles. The quantitative estimate of drug-likeness (QED) is 0.823. The van der Waals surface area contributed by atoms with Crippen molar-refractivity contribution in [2.75, 3.05) is 5.32 Å². The average Bonchev–Trinajstić information content (AvgIpc) is 2.40. The van der Waals surface area contributed by atoms with Crippen molar-refractivity contribution in [1.29, 1.82) is 0 Å². The van der Waals surface area contributed by atoms with Gasteiger partial charge < -0.3 is 5.32 Å². The molecular weight excluding hydrogens is 292 g/mol. The molecule has 1 N–H and O–H groups in total. The van der Waals surface area contributed by atoms with Crippen molar-refractivity contribution < 1.29 is 4.79 Å². The Balaban J connectivity index is 2.07. The normalized spacial score (nSPS) is 9.17. The third kappa shape index (κ3) is 3.44. The van der Waals surface area contributed by atoms with Crippen LogP contribution >= 0.6 is 15.9 Å². The summed E-state index contributed by atoms with van der Waals surface area (Å²) in [7, 11) is 0. The highest BCUT2D eigenvalue weighted by Gasteiger charge is 2.01. The van der Waals surface area contributed by atoms with Crippen molar-refractivity contribution in [3.05, 3.63) is 58.8 Å². The maximum absolute atomic E-state index is 11.6. The van der Waals surface area contributed by atoms with E-state index in [9.17, 15) is 4.79 Å². The Kier molecular flexibility index (Phi) is 4.11. The van der Waals surface area contributed by atoms with E-state index in [4.69, 9.17) is 0 Å². The van der Waals surface area contributed by atoms with Crippen molar-refractivity contribution in [3.8, 4) is 11.8 Å². The number of pyridine rings is 1. The Bertz CT molecular complexity index is 614. The Morgan fingerprint density at radius 1 is 1.22 bits per heavy atom. The number of carbonyl (C=O) groups excluding carboxylic acids is 1. The maximum Gasteiger partial charge on any atom is 0.300 e. The van der Waals surface area contributed by atoms with Crippen molar-refractivity contribution in [1.82, 2.24) is 4.98 Å². The van der Waals surface area contributed by atoms with E-state index in [2.05, 4.69) is 38.1 Å². The summed E-state index contributed by atoms with van der Waals surface area (Å²) >= 11 is 3.30. The Morgan fingerprint density at radius 2 is 2.00 bits per heavy atom. The SMILES string of the molecule is O=C(C#Cc1ccccc1)Nc1ccncc1Br. The number of anilines is 1. The van der Waals surface area contributed by atoms with Gasteiger partial charge in [-0.2, -0.15) is 0 Å². The van der Waals surface area contributed by atoms with Gasteiger partial charge in [0.25, 0.3) is 0 Å². The molecule has 0 spiro atoms. The topological polar surface area (TPSA) is 42.0 Å². The zero-order valence-corrected chi connectivity index (χ0v) is 10.9. The van der Waals surface area contributed by atoms with Gasteiger partial charge in [-0.25, -0.2) is 0 Å². The summed E-state index contributed by atoms with van der Waals surface area (Å²) in [5.74, 6) is 4.97. The van der Waals surface area contributed by atoms with Gasteiger partial charge in [0.2, 0.25) is 0 Å². The molecule has 0 atom stereocenters. The van der Waals surface area contributed by atoms with Gasteiger partial charge in [-0.1, -0.05) is 24.1 Å². The molecule has 1 amide bonds. The molecule has 0 aliphatic carbocycles. The van der Waals surface area contributed by atoms with E-state index in [-0.39, 0.29) is 5.91 Å². The molecule has 0 unspecified atom stereocenters. The zero-order valence-electron chi connectivity index (χ0n) is 9.35. The molecule has 3 nitrogen and oxygen atoms in total. The monoisotopic (exact) mass is 300 g/mol. The second-order valence-corrected chi connectivity index (χ2v) is 4.28. The standard InChI is InChI=1S/C14H9BrN2O/c15-12-10-16-9-8-13(12)17-14(18)7-6-11-4-2-1-3-5-11/h1-5,8-10H,(H,16,17,18). The van der Waals surface area contributed by atoms with Crippen LogP contribution in [0.5, 0.6) is 0 Å². The number of nitrogens with one attached hydrogen (secondary N) is 1. The van der Waals surface area contributed by atoms with Gasteiger partial charge in [-0.3, -0.25) is 9.78 Å². The summed E-state index contributed by atoms with van der Waals surface area (Å²) in [5, 5.41) is 2.68. The number of aromatic nitrogens is 1. The van der Waals surface area contributed by atoms with Gasteiger partial charge >= 0.3 is 5.91 Å². The predicted octanol–water partition coefficient (Wildman–Crippen LogP) is 2.83. The minimum absolute atomic E-state index is 0.356. The molecule has 0 bridgehead atoms. The van der Waals surface area contributed by atoms with Crippen molar-refractivity contribution in [3.63, 3.8) is 0 Å². The summed E-state index contributed by atoms with van der Waals surface area (Å²) in [6, 6.07) is 11.1. The van der Waals surface area contributed by atoms with Gasteiger partial charge in [0, 0.05) is 23.9 Å². The van der Waals surface area contributed by atoms with Crippen LogP contribution in [0, 0.1) is 11.8 Å². The fourth-order valence-corrected chi connectivity index (χ4v) is 1.63. The van der Waals surface area contributed by atoms with Crippen LogP contribution in [-0.2, 0) is 4.79 Å². The van der Waals surface area contributed by atoms with Crippen LogP contribution in [0.15, 0.2) is 53.3 Å². The molecule has 0 aliphatic rings. The van der Waals surface area contributed by atoms with E-state index in [0.717, 1.165) is 10.0 Å². The molecule has 2 aromatic rings.